The lowest BCUT2D eigenvalue weighted by Crippen LogP contribution is -2.44. The van der Waals surface area contributed by atoms with Crippen LogP contribution in [-0.2, 0) is 14.3 Å². The van der Waals surface area contributed by atoms with E-state index in [0.29, 0.717) is 17.4 Å². The molecule has 1 atom stereocenters. The molecule has 0 saturated heterocycles. The maximum atomic E-state index is 13.0. The predicted molar refractivity (Wildman–Crippen MR) is 121 cm³/mol. The van der Waals surface area contributed by atoms with Gasteiger partial charge in [0, 0.05) is 6.61 Å². The molecule has 1 aromatic carbocycles. The van der Waals surface area contributed by atoms with Gasteiger partial charge in [-0.15, -0.1) is 0 Å². The molecule has 1 aliphatic carbocycles. The van der Waals surface area contributed by atoms with E-state index in [1.807, 2.05) is 6.07 Å². The molecule has 3 nitrogen and oxygen atoms in total. The average molecular weight is 423 g/mol. The van der Waals surface area contributed by atoms with E-state index >= 15 is 0 Å². The topological polar surface area (TPSA) is 43.4 Å². The first-order valence-electron chi connectivity index (χ1n) is 10.3. The second-order valence-electron chi connectivity index (χ2n) is 10.4. The van der Waals surface area contributed by atoms with Gasteiger partial charge in [0.05, 0.1) is 10.6 Å². The third-order valence-corrected chi connectivity index (χ3v) is 13.2. The molecule has 0 bridgehead atoms. The van der Waals surface area contributed by atoms with E-state index in [9.17, 15) is 8.42 Å². The quantitative estimate of drug-likeness (QED) is 0.403. The molecule has 0 N–H and O–H groups in total. The van der Waals surface area contributed by atoms with Gasteiger partial charge in [-0.1, -0.05) is 58.4 Å². The molecule has 0 aliphatic heterocycles. The summed E-state index contributed by atoms with van der Waals surface area (Å²) >= 11 is 0. The standard InChI is InChI=1S/C23H38O3SSi/c1-18-14-15-19(16-26-28(7,8)22(2,3)4)23(5,6)21(18)17-27(24,25)20-12-10-9-11-13-20/h9-13,19H,14-17H2,1-8H3. The zero-order valence-corrected chi connectivity index (χ0v) is 20.7. The van der Waals surface area contributed by atoms with Crippen molar-refractivity contribution in [2.45, 2.75) is 77.4 Å². The van der Waals surface area contributed by atoms with E-state index < -0.39 is 18.2 Å². The molecule has 158 valence electrons. The summed E-state index contributed by atoms with van der Waals surface area (Å²) in [6.07, 6.45) is 2.01. The van der Waals surface area contributed by atoms with Crippen LogP contribution in [0.25, 0.3) is 0 Å². The molecule has 1 aliphatic rings. The molecule has 0 spiro atoms. The smallest absolute Gasteiger partial charge is 0.191 e. The molecule has 0 radical (unpaired) electrons. The van der Waals surface area contributed by atoms with Crippen molar-refractivity contribution in [1.29, 1.82) is 0 Å². The summed E-state index contributed by atoms with van der Waals surface area (Å²) in [6, 6.07) is 8.81. The Morgan fingerprint density at radius 2 is 1.71 bits per heavy atom. The number of hydrogen-bond acceptors (Lipinski definition) is 3. The lowest BCUT2D eigenvalue weighted by atomic mass is 9.66. The van der Waals surface area contributed by atoms with E-state index in [-0.39, 0.29) is 16.2 Å². The van der Waals surface area contributed by atoms with E-state index in [1.54, 1.807) is 24.3 Å². The van der Waals surface area contributed by atoms with Crippen molar-refractivity contribution >= 4 is 18.2 Å². The summed E-state index contributed by atoms with van der Waals surface area (Å²) in [5, 5.41) is 0.178. The Bertz CT molecular complexity index is 815. The third-order valence-electron chi connectivity index (χ3n) is 7.07. The highest BCUT2D eigenvalue weighted by atomic mass is 32.2. The fourth-order valence-electron chi connectivity index (χ4n) is 3.73. The van der Waals surface area contributed by atoms with Gasteiger partial charge in [0.25, 0.3) is 0 Å². The highest BCUT2D eigenvalue weighted by molar-refractivity contribution is 7.91. The number of allylic oxidation sites excluding steroid dienone is 1. The van der Waals surface area contributed by atoms with Gasteiger partial charge in [-0.2, -0.15) is 0 Å². The Morgan fingerprint density at radius 3 is 2.25 bits per heavy atom. The van der Waals surface area contributed by atoms with Gasteiger partial charge < -0.3 is 4.43 Å². The minimum atomic E-state index is -3.34. The van der Waals surface area contributed by atoms with E-state index in [0.717, 1.165) is 18.4 Å². The number of hydrogen-bond donors (Lipinski definition) is 0. The van der Waals surface area contributed by atoms with E-state index in [1.165, 1.54) is 5.57 Å². The van der Waals surface area contributed by atoms with Gasteiger partial charge >= 0.3 is 0 Å². The molecule has 5 heteroatoms. The van der Waals surface area contributed by atoms with Gasteiger partial charge in [-0.25, -0.2) is 8.42 Å². The van der Waals surface area contributed by atoms with Crippen molar-refractivity contribution < 1.29 is 12.8 Å². The first-order chi connectivity index (χ1) is 12.7. The zero-order valence-electron chi connectivity index (χ0n) is 18.9. The minimum absolute atomic E-state index is 0.104. The van der Waals surface area contributed by atoms with Crippen LogP contribution in [0.1, 0.15) is 54.4 Å². The molecule has 0 saturated carbocycles. The molecule has 28 heavy (non-hydrogen) atoms. The van der Waals surface area contributed by atoms with Crippen molar-refractivity contribution in [3.63, 3.8) is 0 Å². The first kappa shape index (κ1) is 23.4. The number of rotatable bonds is 6. The Morgan fingerprint density at radius 1 is 1.14 bits per heavy atom. The van der Waals surface area contributed by atoms with Crippen LogP contribution in [0, 0.1) is 11.3 Å². The lowest BCUT2D eigenvalue weighted by molar-refractivity contribution is 0.130. The van der Waals surface area contributed by atoms with Crippen LogP contribution in [0.5, 0.6) is 0 Å². The molecule has 1 unspecified atom stereocenters. The molecular formula is C23H38O3SSi. The number of benzene rings is 1. The SMILES string of the molecule is CC1=C(CS(=O)(=O)c2ccccc2)C(C)(C)C(CO[Si](C)(C)C(C)(C)C)CC1. The van der Waals surface area contributed by atoms with Crippen LogP contribution in [0.3, 0.4) is 0 Å². The van der Waals surface area contributed by atoms with Gasteiger partial charge in [0.2, 0.25) is 0 Å². The first-order valence-corrected chi connectivity index (χ1v) is 14.9. The number of sulfone groups is 1. The molecule has 0 aromatic heterocycles. The Labute approximate surface area is 173 Å². The summed E-state index contributed by atoms with van der Waals surface area (Å²) in [7, 11) is -5.17. The van der Waals surface area contributed by atoms with Crippen LogP contribution in [-0.4, -0.2) is 29.1 Å². The minimum Gasteiger partial charge on any atom is -0.417 e. The molecule has 2 rings (SSSR count). The second-order valence-corrected chi connectivity index (χ2v) is 17.2. The van der Waals surface area contributed by atoms with E-state index in [2.05, 4.69) is 54.6 Å². The van der Waals surface area contributed by atoms with Crippen molar-refractivity contribution in [1.82, 2.24) is 0 Å². The molecule has 1 aromatic rings. The Balaban J connectivity index is 2.24. The molecular weight excluding hydrogens is 384 g/mol. The molecule has 0 fully saturated rings. The van der Waals surface area contributed by atoms with Crippen molar-refractivity contribution in [3.8, 4) is 0 Å². The van der Waals surface area contributed by atoms with Crippen LogP contribution in [0.15, 0.2) is 46.4 Å². The highest BCUT2D eigenvalue weighted by Crippen LogP contribution is 2.47. The second kappa shape index (κ2) is 8.08. The summed E-state index contributed by atoms with van der Waals surface area (Å²) in [5.74, 6) is 0.443. The third kappa shape index (κ3) is 4.98. The fraction of sp³-hybridized carbons (Fsp3) is 0.652. The van der Waals surface area contributed by atoms with Crippen molar-refractivity contribution in [3.05, 3.63) is 41.5 Å². The average Bonchev–Trinajstić information content (AvgIpc) is 2.57. The lowest BCUT2D eigenvalue weighted by Gasteiger charge is -2.44. The fourth-order valence-corrected chi connectivity index (χ4v) is 6.51. The van der Waals surface area contributed by atoms with Gasteiger partial charge in [0.1, 0.15) is 0 Å². The monoisotopic (exact) mass is 422 g/mol. The van der Waals surface area contributed by atoms with E-state index in [4.69, 9.17) is 4.43 Å². The maximum absolute atomic E-state index is 13.0. The summed E-state index contributed by atoms with van der Waals surface area (Å²) in [4.78, 5) is 0.408. The molecule has 0 heterocycles. The van der Waals surface area contributed by atoms with Crippen LogP contribution >= 0.6 is 0 Å². The van der Waals surface area contributed by atoms with Crippen molar-refractivity contribution in [2.24, 2.45) is 11.3 Å². The summed E-state index contributed by atoms with van der Waals surface area (Å²) < 4.78 is 32.6. The van der Waals surface area contributed by atoms with Gasteiger partial charge in [0.15, 0.2) is 18.2 Å². The summed E-state index contributed by atoms with van der Waals surface area (Å²) in [5.41, 5.74) is 2.12. The van der Waals surface area contributed by atoms with Crippen molar-refractivity contribution in [2.75, 3.05) is 12.4 Å². The predicted octanol–water partition coefficient (Wildman–Crippen LogP) is 6.23. The highest BCUT2D eigenvalue weighted by Gasteiger charge is 2.42. The zero-order chi connectivity index (χ0) is 21.4. The van der Waals surface area contributed by atoms with Crippen LogP contribution in [0.4, 0.5) is 0 Å². The largest absolute Gasteiger partial charge is 0.417 e. The van der Waals surface area contributed by atoms with Gasteiger partial charge in [-0.3, -0.25) is 0 Å². The Kier molecular flexibility index (Phi) is 6.74. The van der Waals surface area contributed by atoms with Gasteiger partial charge in [-0.05, 0) is 66.9 Å². The normalized spacial score (nSPS) is 21.1. The molecule has 0 amide bonds. The van der Waals surface area contributed by atoms with Crippen LogP contribution in [0.2, 0.25) is 18.1 Å². The van der Waals surface area contributed by atoms with Crippen LogP contribution < -0.4 is 0 Å². The maximum Gasteiger partial charge on any atom is 0.191 e. The summed E-state index contributed by atoms with van der Waals surface area (Å²) in [6.45, 7) is 18.5. The Hall–Kier alpha value is -0.913.